The maximum Gasteiger partial charge on any atom is 0.337 e. The number of amides is 1. The van der Waals surface area contributed by atoms with Crippen molar-refractivity contribution >= 4 is 39.4 Å². The topological polar surface area (TPSA) is 126 Å². The number of aromatic hydroxyl groups is 1. The molecule has 2 heterocycles. The predicted molar refractivity (Wildman–Crippen MR) is 145 cm³/mol. The summed E-state index contributed by atoms with van der Waals surface area (Å²) in [4.78, 5) is 31.9. The molecular formula is C29H26N4O5. The number of hydrogen-bond acceptors (Lipinski definition) is 7. The molecule has 0 fully saturated rings. The normalized spacial score (nSPS) is 11.0. The number of methoxy groups -OCH3 is 2. The molecule has 5 aromatic rings. The fourth-order valence-corrected chi connectivity index (χ4v) is 4.30. The molecule has 1 amide bonds. The van der Waals surface area contributed by atoms with Gasteiger partial charge in [0.15, 0.2) is 5.88 Å². The summed E-state index contributed by atoms with van der Waals surface area (Å²) in [5.41, 5.74) is 4.51. The molecule has 0 aliphatic carbocycles. The number of benzene rings is 3. The first kappa shape index (κ1) is 24.8. The van der Waals surface area contributed by atoms with E-state index >= 15 is 0 Å². The number of ether oxygens (including phenoxy) is 2. The fourth-order valence-electron chi connectivity index (χ4n) is 4.30. The van der Waals surface area contributed by atoms with E-state index in [1.807, 2.05) is 42.5 Å². The minimum absolute atomic E-state index is 0.0418. The number of H-pyrrole nitrogens is 1. The first-order valence-corrected chi connectivity index (χ1v) is 11.9. The van der Waals surface area contributed by atoms with Gasteiger partial charge in [0.1, 0.15) is 5.75 Å². The predicted octanol–water partition coefficient (Wildman–Crippen LogP) is 4.61. The number of aromatic amines is 1. The zero-order valence-electron chi connectivity index (χ0n) is 20.9. The van der Waals surface area contributed by atoms with Crippen LogP contribution in [0.4, 0.5) is 5.69 Å². The van der Waals surface area contributed by atoms with E-state index in [0.717, 1.165) is 22.1 Å². The Hall–Kier alpha value is -4.89. The Morgan fingerprint density at radius 3 is 2.55 bits per heavy atom. The van der Waals surface area contributed by atoms with Gasteiger partial charge in [0.05, 0.1) is 43.1 Å². The number of esters is 1. The number of nitrogens with one attached hydrogen (secondary N) is 3. The minimum atomic E-state index is -0.456. The summed E-state index contributed by atoms with van der Waals surface area (Å²) >= 11 is 0. The van der Waals surface area contributed by atoms with Gasteiger partial charge in [-0.25, -0.2) is 9.78 Å². The molecule has 0 saturated heterocycles. The summed E-state index contributed by atoms with van der Waals surface area (Å²) in [7, 11) is 2.94. The average molecular weight is 511 g/mol. The summed E-state index contributed by atoms with van der Waals surface area (Å²) in [6.45, 7) is 0.727. The second-order valence-corrected chi connectivity index (χ2v) is 8.70. The Morgan fingerprint density at radius 1 is 0.974 bits per heavy atom. The second-order valence-electron chi connectivity index (χ2n) is 8.70. The van der Waals surface area contributed by atoms with Crippen molar-refractivity contribution < 1.29 is 24.2 Å². The van der Waals surface area contributed by atoms with Crippen molar-refractivity contribution in [3.05, 3.63) is 83.9 Å². The van der Waals surface area contributed by atoms with Gasteiger partial charge >= 0.3 is 5.97 Å². The molecule has 0 aliphatic rings. The summed E-state index contributed by atoms with van der Waals surface area (Å²) < 4.78 is 9.93. The molecule has 2 aromatic heterocycles. The van der Waals surface area contributed by atoms with Crippen LogP contribution < -0.4 is 15.4 Å². The van der Waals surface area contributed by atoms with Crippen LogP contribution in [0, 0.1) is 0 Å². The second kappa shape index (κ2) is 10.6. The maximum atomic E-state index is 12.4. The molecule has 9 heteroatoms. The Bertz CT molecular complexity index is 1640. The van der Waals surface area contributed by atoms with Crippen molar-refractivity contribution in [2.24, 2.45) is 0 Å². The van der Waals surface area contributed by atoms with Crippen LogP contribution in [0.15, 0.2) is 72.8 Å². The van der Waals surface area contributed by atoms with Gasteiger partial charge in [-0.3, -0.25) is 4.79 Å². The van der Waals surface area contributed by atoms with E-state index in [9.17, 15) is 14.7 Å². The summed E-state index contributed by atoms with van der Waals surface area (Å²) in [6.07, 6.45) is 0. The lowest BCUT2D eigenvalue weighted by Crippen LogP contribution is -2.27. The van der Waals surface area contributed by atoms with Crippen molar-refractivity contribution in [1.29, 1.82) is 0 Å². The Labute approximate surface area is 218 Å². The standard InChI is InChI=1S/C29H26N4O5/c1-37-21-8-3-17(4-9-21)15-30-16-26(34)31-20-7-12-23-18(13-20)6-11-24(32-23)27-22-10-5-19(29(36)38-2)14-25(22)33-28(27)35/h3-14,30,33,35H,15-16H2,1-2H3,(H,31,34). The molecule has 192 valence electrons. The lowest BCUT2D eigenvalue weighted by molar-refractivity contribution is -0.115. The molecule has 9 nitrogen and oxygen atoms in total. The van der Waals surface area contributed by atoms with Gasteiger partial charge in [-0.2, -0.15) is 0 Å². The Morgan fingerprint density at radius 2 is 1.79 bits per heavy atom. The van der Waals surface area contributed by atoms with E-state index in [-0.39, 0.29) is 18.3 Å². The van der Waals surface area contributed by atoms with E-state index < -0.39 is 5.97 Å². The molecule has 0 saturated carbocycles. The number of nitrogens with zero attached hydrogens (tertiary/aromatic N) is 1. The highest BCUT2D eigenvalue weighted by atomic mass is 16.5. The highest BCUT2D eigenvalue weighted by Crippen LogP contribution is 2.37. The van der Waals surface area contributed by atoms with Gasteiger partial charge in [0, 0.05) is 28.5 Å². The zero-order chi connectivity index (χ0) is 26.6. The van der Waals surface area contributed by atoms with Crippen LogP contribution in [-0.4, -0.2) is 47.7 Å². The summed E-state index contributed by atoms with van der Waals surface area (Å²) in [5, 5.41) is 18.2. The third kappa shape index (κ3) is 5.14. The molecule has 0 radical (unpaired) electrons. The number of fused-ring (bicyclic) bond motifs is 2. The van der Waals surface area contributed by atoms with Crippen LogP contribution in [0.1, 0.15) is 15.9 Å². The molecule has 0 atom stereocenters. The van der Waals surface area contributed by atoms with Gasteiger partial charge in [0.2, 0.25) is 5.91 Å². The average Bonchev–Trinajstić information content (AvgIpc) is 3.27. The van der Waals surface area contributed by atoms with Crippen LogP contribution in [-0.2, 0) is 16.1 Å². The van der Waals surface area contributed by atoms with Crippen molar-refractivity contribution in [3.63, 3.8) is 0 Å². The van der Waals surface area contributed by atoms with Gasteiger partial charge in [-0.15, -0.1) is 0 Å². The summed E-state index contributed by atoms with van der Waals surface area (Å²) in [5.74, 6) is 0.136. The molecular weight excluding hydrogens is 484 g/mol. The quantitative estimate of drug-likeness (QED) is 0.225. The number of rotatable bonds is 8. The molecule has 0 spiro atoms. The fraction of sp³-hybridized carbons (Fsp3) is 0.138. The van der Waals surface area contributed by atoms with Crippen molar-refractivity contribution in [3.8, 4) is 22.9 Å². The van der Waals surface area contributed by atoms with Crippen LogP contribution in [0.25, 0.3) is 33.1 Å². The maximum absolute atomic E-state index is 12.4. The molecule has 0 unspecified atom stereocenters. The van der Waals surface area contributed by atoms with Crippen LogP contribution in [0.5, 0.6) is 11.6 Å². The number of carbonyl (C=O) groups is 2. The SMILES string of the molecule is COC(=O)c1ccc2c(-c3ccc4cc(NC(=O)CNCc5ccc(OC)cc5)ccc4n3)c(O)[nH]c2c1. The smallest absolute Gasteiger partial charge is 0.337 e. The minimum Gasteiger partial charge on any atom is -0.497 e. The van der Waals surface area contributed by atoms with Gasteiger partial charge in [0.25, 0.3) is 0 Å². The number of anilines is 1. The Kier molecular flexibility index (Phi) is 6.92. The first-order valence-electron chi connectivity index (χ1n) is 11.9. The number of aromatic nitrogens is 2. The van der Waals surface area contributed by atoms with E-state index in [4.69, 9.17) is 14.5 Å². The van der Waals surface area contributed by atoms with Crippen LogP contribution in [0.3, 0.4) is 0 Å². The van der Waals surface area contributed by atoms with E-state index in [0.29, 0.717) is 40.1 Å². The largest absolute Gasteiger partial charge is 0.497 e. The van der Waals surface area contributed by atoms with Crippen LogP contribution in [0.2, 0.25) is 0 Å². The van der Waals surface area contributed by atoms with E-state index in [2.05, 4.69) is 15.6 Å². The number of pyridine rings is 1. The van der Waals surface area contributed by atoms with E-state index in [1.165, 1.54) is 7.11 Å². The highest BCUT2D eigenvalue weighted by Gasteiger charge is 2.17. The molecule has 3 aromatic carbocycles. The zero-order valence-corrected chi connectivity index (χ0v) is 20.9. The van der Waals surface area contributed by atoms with Crippen molar-refractivity contribution in [1.82, 2.24) is 15.3 Å². The highest BCUT2D eigenvalue weighted by molar-refractivity contribution is 6.03. The van der Waals surface area contributed by atoms with Gasteiger partial charge in [-0.05, 0) is 54.1 Å². The third-order valence-corrected chi connectivity index (χ3v) is 6.20. The lowest BCUT2D eigenvalue weighted by atomic mass is 10.1. The lowest BCUT2D eigenvalue weighted by Gasteiger charge is -2.09. The molecule has 5 rings (SSSR count). The molecule has 0 bridgehead atoms. The number of carbonyl (C=O) groups excluding carboxylic acids is 2. The Balaban J connectivity index is 1.28. The summed E-state index contributed by atoms with van der Waals surface area (Å²) in [6, 6.07) is 21.8. The molecule has 4 N–H and O–H groups in total. The molecule has 0 aliphatic heterocycles. The van der Waals surface area contributed by atoms with Crippen molar-refractivity contribution in [2.75, 3.05) is 26.1 Å². The van der Waals surface area contributed by atoms with E-state index in [1.54, 1.807) is 37.4 Å². The van der Waals surface area contributed by atoms with Gasteiger partial charge < -0.3 is 30.2 Å². The van der Waals surface area contributed by atoms with Gasteiger partial charge in [-0.1, -0.05) is 24.3 Å². The van der Waals surface area contributed by atoms with Crippen molar-refractivity contribution in [2.45, 2.75) is 6.54 Å². The third-order valence-electron chi connectivity index (χ3n) is 6.20. The van der Waals surface area contributed by atoms with Crippen LogP contribution >= 0.6 is 0 Å². The first-order chi connectivity index (χ1) is 18.4. The number of hydrogen-bond donors (Lipinski definition) is 4. The monoisotopic (exact) mass is 510 g/mol. The molecule has 38 heavy (non-hydrogen) atoms.